The molecule has 1 aliphatic rings. The molecular formula is C25H28ClF3N8O2. The number of hydrogen-bond donors (Lipinski definition) is 4. The third kappa shape index (κ3) is 8.43. The summed E-state index contributed by atoms with van der Waals surface area (Å²) < 4.78 is 38.9. The predicted molar refractivity (Wildman–Crippen MR) is 142 cm³/mol. The zero-order chi connectivity index (χ0) is 28.7. The van der Waals surface area contributed by atoms with E-state index in [0.717, 1.165) is 10.5 Å². The molecule has 0 atom stereocenters. The van der Waals surface area contributed by atoms with E-state index in [4.69, 9.17) is 28.5 Å². The van der Waals surface area contributed by atoms with Crippen LogP contribution in [0.3, 0.4) is 0 Å². The van der Waals surface area contributed by atoms with Crippen LogP contribution in [0.2, 0.25) is 5.15 Å². The van der Waals surface area contributed by atoms with Gasteiger partial charge in [0.2, 0.25) is 0 Å². The van der Waals surface area contributed by atoms with E-state index in [2.05, 4.69) is 15.3 Å². The van der Waals surface area contributed by atoms with E-state index < -0.39 is 31.2 Å². The van der Waals surface area contributed by atoms with Crippen molar-refractivity contribution in [3.63, 3.8) is 0 Å². The number of pyridine rings is 1. The number of primary amides is 1. The number of rotatable bonds is 6. The van der Waals surface area contributed by atoms with Crippen molar-refractivity contribution in [1.29, 1.82) is 5.41 Å². The lowest BCUT2D eigenvalue weighted by Crippen LogP contribution is -2.47. The van der Waals surface area contributed by atoms with Crippen molar-refractivity contribution in [3.05, 3.63) is 70.1 Å². The fourth-order valence-corrected chi connectivity index (χ4v) is 3.96. The van der Waals surface area contributed by atoms with Crippen LogP contribution in [0.4, 0.5) is 28.4 Å². The maximum atomic E-state index is 13.0. The van der Waals surface area contributed by atoms with Crippen LogP contribution in [0.15, 0.2) is 58.9 Å². The highest BCUT2D eigenvalue weighted by Crippen LogP contribution is 2.23. The summed E-state index contributed by atoms with van der Waals surface area (Å²) in [6, 6.07) is 8.07. The SMILES string of the molecule is Cc1ccc(C(=N)N(CCC(F)(F)F)C(=O)NC/C(N)=C2\CCN(C(N)=O)CC2=Nc2ccnc(Cl)c2)cc1. The number of benzene rings is 1. The summed E-state index contributed by atoms with van der Waals surface area (Å²) in [6.45, 7) is 1.15. The highest BCUT2D eigenvalue weighted by Gasteiger charge is 2.31. The van der Waals surface area contributed by atoms with Crippen LogP contribution in [0.1, 0.15) is 24.0 Å². The minimum Gasteiger partial charge on any atom is -0.400 e. The summed E-state index contributed by atoms with van der Waals surface area (Å²) in [6.07, 6.45) is -4.08. The van der Waals surface area contributed by atoms with Gasteiger partial charge in [-0.2, -0.15) is 13.2 Å². The first kappa shape index (κ1) is 29.4. The topological polar surface area (TPSA) is 154 Å². The number of hydrogen-bond acceptors (Lipinski definition) is 6. The lowest BCUT2D eigenvalue weighted by Gasteiger charge is -2.29. The molecule has 0 saturated carbocycles. The van der Waals surface area contributed by atoms with Gasteiger partial charge in [0.1, 0.15) is 11.0 Å². The quantitative estimate of drug-likeness (QED) is 0.237. The number of nitrogens with two attached hydrogens (primary N) is 2. The van der Waals surface area contributed by atoms with Crippen LogP contribution < -0.4 is 16.8 Å². The normalized spacial score (nSPS) is 16.1. The zero-order valence-corrected chi connectivity index (χ0v) is 21.8. The molecular weight excluding hydrogens is 537 g/mol. The molecule has 4 amide bonds. The summed E-state index contributed by atoms with van der Waals surface area (Å²) in [5, 5.41) is 11.1. The number of carbonyl (C=O) groups is 2. The van der Waals surface area contributed by atoms with Gasteiger partial charge in [-0.1, -0.05) is 41.4 Å². The average Bonchev–Trinajstić information content (AvgIpc) is 2.87. The number of amidine groups is 1. The van der Waals surface area contributed by atoms with Gasteiger partial charge in [0.25, 0.3) is 0 Å². The van der Waals surface area contributed by atoms with Crippen molar-refractivity contribution < 1.29 is 22.8 Å². The van der Waals surface area contributed by atoms with Crippen LogP contribution in [0.25, 0.3) is 0 Å². The highest BCUT2D eigenvalue weighted by atomic mass is 35.5. The molecule has 10 nitrogen and oxygen atoms in total. The number of nitrogens with zero attached hydrogens (tertiary/aromatic N) is 4. The van der Waals surface area contributed by atoms with Gasteiger partial charge in [-0.3, -0.25) is 15.3 Å². The maximum absolute atomic E-state index is 13.0. The van der Waals surface area contributed by atoms with Gasteiger partial charge in [-0.05, 0) is 25.0 Å². The predicted octanol–water partition coefficient (Wildman–Crippen LogP) is 4.10. The first-order valence-corrected chi connectivity index (χ1v) is 12.2. The fourth-order valence-electron chi connectivity index (χ4n) is 3.79. The van der Waals surface area contributed by atoms with Crippen molar-refractivity contribution in [2.24, 2.45) is 16.5 Å². The molecule has 3 rings (SSSR count). The zero-order valence-electron chi connectivity index (χ0n) is 21.1. The smallest absolute Gasteiger partial charge is 0.390 e. The number of carbonyl (C=O) groups excluding carboxylic acids is 2. The van der Waals surface area contributed by atoms with E-state index in [1.165, 1.54) is 17.2 Å². The second kappa shape index (κ2) is 12.6. The molecule has 1 aromatic heterocycles. The van der Waals surface area contributed by atoms with Crippen molar-refractivity contribution >= 4 is 40.9 Å². The van der Waals surface area contributed by atoms with Gasteiger partial charge >= 0.3 is 18.2 Å². The molecule has 0 unspecified atom stereocenters. The number of amides is 4. The first-order valence-electron chi connectivity index (χ1n) is 11.8. The maximum Gasteiger partial charge on any atom is 0.390 e. The molecule has 208 valence electrons. The highest BCUT2D eigenvalue weighted by molar-refractivity contribution is 6.29. The lowest BCUT2D eigenvalue weighted by atomic mass is 9.99. The summed E-state index contributed by atoms with van der Waals surface area (Å²) >= 11 is 5.94. The van der Waals surface area contributed by atoms with E-state index in [0.29, 0.717) is 17.0 Å². The van der Waals surface area contributed by atoms with Crippen molar-refractivity contribution in [1.82, 2.24) is 20.1 Å². The molecule has 0 aliphatic carbocycles. The van der Waals surface area contributed by atoms with Crippen molar-refractivity contribution in [3.8, 4) is 0 Å². The number of alkyl halides is 3. The molecule has 0 spiro atoms. The van der Waals surface area contributed by atoms with Gasteiger partial charge in [0.15, 0.2) is 0 Å². The molecule has 1 aromatic carbocycles. The molecule has 0 bridgehead atoms. The fraction of sp³-hybridized carbons (Fsp3) is 0.320. The number of halogens is 4. The number of likely N-dealkylation sites (tertiary alicyclic amines) is 1. The van der Waals surface area contributed by atoms with E-state index in [1.807, 2.05) is 6.92 Å². The Kier molecular flexibility index (Phi) is 9.51. The minimum atomic E-state index is -4.53. The Morgan fingerprint density at radius 2 is 1.92 bits per heavy atom. The summed E-state index contributed by atoms with van der Waals surface area (Å²) in [4.78, 5) is 35.3. The third-order valence-corrected chi connectivity index (χ3v) is 6.09. The van der Waals surface area contributed by atoms with E-state index in [9.17, 15) is 22.8 Å². The molecule has 39 heavy (non-hydrogen) atoms. The Bertz CT molecular complexity index is 1290. The Morgan fingerprint density at radius 1 is 1.23 bits per heavy atom. The Labute approximate surface area is 228 Å². The van der Waals surface area contributed by atoms with Crippen LogP contribution in [-0.4, -0.2) is 70.7 Å². The third-order valence-electron chi connectivity index (χ3n) is 5.88. The average molecular weight is 565 g/mol. The Hall–Kier alpha value is -4.13. The number of urea groups is 2. The van der Waals surface area contributed by atoms with E-state index in [1.54, 1.807) is 30.3 Å². The van der Waals surface area contributed by atoms with E-state index >= 15 is 0 Å². The van der Waals surface area contributed by atoms with Crippen LogP contribution in [0, 0.1) is 12.3 Å². The number of nitrogens with one attached hydrogen (secondary N) is 2. The van der Waals surface area contributed by atoms with Gasteiger partial charge in [0.05, 0.1) is 30.9 Å². The molecule has 2 aromatic rings. The second-order valence-corrected chi connectivity index (χ2v) is 9.19. The van der Waals surface area contributed by atoms with E-state index in [-0.39, 0.29) is 48.3 Å². The summed E-state index contributed by atoms with van der Waals surface area (Å²) in [5.41, 5.74) is 14.5. The van der Waals surface area contributed by atoms with Crippen LogP contribution in [0.5, 0.6) is 0 Å². The number of aromatic nitrogens is 1. The van der Waals surface area contributed by atoms with Crippen LogP contribution in [-0.2, 0) is 0 Å². The number of piperidine rings is 1. The first-order chi connectivity index (χ1) is 18.3. The molecule has 2 heterocycles. The van der Waals surface area contributed by atoms with Gasteiger partial charge in [-0.25, -0.2) is 14.6 Å². The van der Waals surface area contributed by atoms with Crippen molar-refractivity contribution in [2.45, 2.75) is 25.9 Å². The van der Waals surface area contributed by atoms with Crippen molar-refractivity contribution in [2.75, 3.05) is 26.2 Å². The van der Waals surface area contributed by atoms with Gasteiger partial charge in [-0.15, -0.1) is 0 Å². The largest absolute Gasteiger partial charge is 0.400 e. The molecule has 1 aliphatic heterocycles. The second-order valence-electron chi connectivity index (χ2n) is 8.80. The van der Waals surface area contributed by atoms with Gasteiger partial charge < -0.3 is 21.7 Å². The molecule has 14 heteroatoms. The number of aryl methyl sites for hydroxylation is 1. The lowest BCUT2D eigenvalue weighted by molar-refractivity contribution is -0.135. The minimum absolute atomic E-state index is 0.0506. The standard InChI is InChI=1S/C25H28ClF3N8O2/c1-15-2-4-16(5-3-15)22(31)37(11-8-25(27,28)29)24(39)34-13-19(30)18-7-10-36(23(32)38)14-20(18)35-17-6-9-33-21(26)12-17/h2-6,9,12,31H,7-8,10-11,13-14,30H2,1H3,(H2,32,38)(H,34,39)/b19-18-,31-22?,35-20?. The Morgan fingerprint density at radius 3 is 2.54 bits per heavy atom. The molecule has 0 radical (unpaired) electrons. The molecule has 1 saturated heterocycles. The summed E-state index contributed by atoms with van der Waals surface area (Å²) in [5.74, 6) is -0.380. The monoisotopic (exact) mass is 564 g/mol. The van der Waals surface area contributed by atoms with Gasteiger partial charge in [0, 0.05) is 36.6 Å². The molecule has 6 N–H and O–H groups in total. The Balaban J connectivity index is 1.83. The number of aliphatic imine (C=N–C) groups is 1. The molecule has 1 fully saturated rings. The van der Waals surface area contributed by atoms with Crippen LogP contribution >= 0.6 is 11.6 Å². The summed E-state index contributed by atoms with van der Waals surface area (Å²) in [7, 11) is 0.